The molecule has 3 saturated carbocycles. The number of halogens is 3. The van der Waals surface area contributed by atoms with E-state index in [1.807, 2.05) is 55.8 Å². The fraction of sp³-hybridized carbons (Fsp3) is 0.419. The molecule has 2 heterocycles. The molecule has 0 radical (unpaired) electrons. The Morgan fingerprint density at radius 3 is 1.46 bits per heavy atom. The molecule has 4 N–H and O–H groups in total. The number of benzene rings is 2. The van der Waals surface area contributed by atoms with Crippen LogP contribution in [0.1, 0.15) is 91.8 Å². The van der Waals surface area contributed by atoms with Crippen LogP contribution in [0.2, 0.25) is 0 Å². The van der Waals surface area contributed by atoms with Crippen molar-refractivity contribution in [1.82, 2.24) is 30.8 Å². The van der Waals surface area contributed by atoms with Crippen molar-refractivity contribution in [1.29, 1.82) is 0 Å². The van der Waals surface area contributed by atoms with Gasteiger partial charge >= 0.3 is 0 Å². The highest BCUT2D eigenvalue weighted by molar-refractivity contribution is 7.98. The Balaban J connectivity index is 0.000000201. The van der Waals surface area contributed by atoms with Crippen molar-refractivity contribution in [3.8, 4) is 23.3 Å². The Morgan fingerprint density at radius 1 is 0.661 bits per heavy atom. The van der Waals surface area contributed by atoms with Crippen LogP contribution in [-0.4, -0.2) is 64.4 Å². The van der Waals surface area contributed by atoms with Crippen molar-refractivity contribution in [2.45, 2.75) is 105 Å². The maximum atomic E-state index is 13.9. The zero-order chi connectivity index (χ0) is 41.9. The maximum Gasteiger partial charge on any atom is 0.257 e. The van der Waals surface area contributed by atoms with Crippen molar-refractivity contribution in [2.24, 2.45) is 5.41 Å². The molecule has 7 rings (SSSR count). The van der Waals surface area contributed by atoms with E-state index in [1.54, 1.807) is 35.7 Å². The molecule has 3 aliphatic rings. The molecule has 0 aliphatic heterocycles. The summed E-state index contributed by atoms with van der Waals surface area (Å²) in [7, 11) is 0. The van der Waals surface area contributed by atoms with E-state index in [2.05, 4.69) is 30.8 Å². The van der Waals surface area contributed by atoms with Crippen molar-refractivity contribution in [3.63, 3.8) is 0 Å². The molecule has 4 aromatic rings. The average Bonchev–Trinajstić information content (AvgIpc) is 4.01. The van der Waals surface area contributed by atoms with Gasteiger partial charge in [-0.15, -0.1) is 23.5 Å². The lowest BCUT2D eigenvalue weighted by Gasteiger charge is -2.30. The van der Waals surface area contributed by atoms with Crippen LogP contribution in [0.4, 0.5) is 8.78 Å². The summed E-state index contributed by atoms with van der Waals surface area (Å²) in [4.78, 5) is 50.6. The molecule has 3 amide bonds. The van der Waals surface area contributed by atoms with Crippen LogP contribution in [0.25, 0.3) is 0 Å². The third-order valence-electron chi connectivity index (χ3n) is 10.8. The fourth-order valence-corrected chi connectivity index (χ4v) is 8.04. The number of pyridine rings is 2. The summed E-state index contributed by atoms with van der Waals surface area (Å²) in [6.07, 6.45) is 14.4. The van der Waals surface area contributed by atoms with E-state index in [0.717, 1.165) is 98.5 Å². The van der Waals surface area contributed by atoms with Gasteiger partial charge in [-0.2, -0.15) is 0 Å². The minimum Gasteiger partial charge on any atom is -0.438 e. The van der Waals surface area contributed by atoms with Gasteiger partial charge in [0.2, 0.25) is 17.7 Å². The maximum absolute atomic E-state index is 13.9. The van der Waals surface area contributed by atoms with E-state index in [0.29, 0.717) is 11.5 Å². The lowest BCUT2D eigenvalue weighted by atomic mass is 9.90. The van der Waals surface area contributed by atoms with Gasteiger partial charge in [-0.05, 0) is 137 Å². The Bertz CT molecular complexity index is 2100. The average molecular weight is 867 g/mol. The fourth-order valence-electron chi connectivity index (χ4n) is 6.92. The topological polar surface area (TPSA) is 144 Å². The molecule has 0 saturated heterocycles. The van der Waals surface area contributed by atoms with Crippen molar-refractivity contribution >= 4 is 53.0 Å². The number of carbonyl (C=O) groups excluding carboxylic acids is 3. The molecule has 16 heteroatoms. The molecule has 0 atom stereocenters. The van der Waals surface area contributed by atoms with Gasteiger partial charge in [0.15, 0.2) is 0 Å². The lowest BCUT2D eigenvalue weighted by molar-refractivity contribution is -0.126. The largest absolute Gasteiger partial charge is 0.438 e. The third-order valence-corrected chi connectivity index (χ3v) is 12.6. The molecule has 0 bridgehead atoms. The number of amides is 3. The number of rotatable bonds is 13. The first-order chi connectivity index (χ1) is 28.4. The van der Waals surface area contributed by atoms with Gasteiger partial charge in [-0.1, -0.05) is 19.1 Å². The highest BCUT2D eigenvalue weighted by Crippen LogP contribution is 2.45. The monoisotopic (exact) mass is 866 g/mol. The van der Waals surface area contributed by atoms with Gasteiger partial charge in [0, 0.05) is 39.4 Å². The van der Waals surface area contributed by atoms with Gasteiger partial charge in [-0.25, -0.2) is 23.6 Å². The predicted octanol–water partition coefficient (Wildman–Crippen LogP) is 9.21. The standard InChI is InChI=1S/C24H28FN3O3S.C19H21ClFN3O2S/c1-24(10-11-24)23(30)28-17-8-6-16(7-9-17)27-21(29)20-12-15(25)14-26-22(20)31-18-4-3-5-19(13-18)32-2;1-27-16-4-2-3-15(10-16)26-19-17(9-12(21)11-22-19)18(25)23-13-5-7-14(24-20)8-6-13/h3-5,12-14,16-17H,6-11H2,1-2H3,(H,27,29)(H,28,30);2-4,9-11,13-14,24H,5-8H2,1H3,(H,23,25). The second-order valence-electron chi connectivity index (χ2n) is 15.3. The number of nitrogens with one attached hydrogen (secondary N) is 4. The molecule has 59 heavy (non-hydrogen) atoms. The number of ether oxygens (including phenoxy) is 2. The first-order valence-corrected chi connectivity index (χ1v) is 22.5. The van der Waals surface area contributed by atoms with Crippen molar-refractivity contribution in [2.75, 3.05) is 12.5 Å². The second-order valence-corrected chi connectivity index (χ2v) is 17.2. The first-order valence-electron chi connectivity index (χ1n) is 19.7. The first kappa shape index (κ1) is 44.1. The van der Waals surface area contributed by atoms with Gasteiger partial charge in [0.05, 0.1) is 12.4 Å². The zero-order valence-corrected chi connectivity index (χ0v) is 35.6. The quantitative estimate of drug-likeness (QED) is 0.0759. The molecular formula is C43H49ClF2N6O5S2. The minimum atomic E-state index is -0.597. The van der Waals surface area contributed by atoms with E-state index in [4.69, 9.17) is 21.3 Å². The van der Waals surface area contributed by atoms with E-state index in [-0.39, 0.29) is 64.3 Å². The SMILES string of the molecule is CSc1cccc(Oc2ncc(F)cc2C(=O)NC2CCC(NC(=O)C3(C)CC3)CC2)c1.CSc1cccc(Oc2ncc(F)cc2C(=O)NC2CCC(NCl)CC2)c1. The van der Waals surface area contributed by atoms with Crippen molar-refractivity contribution in [3.05, 3.63) is 95.8 Å². The van der Waals surface area contributed by atoms with Crippen LogP contribution < -0.4 is 30.3 Å². The number of aromatic nitrogens is 2. The molecule has 11 nitrogen and oxygen atoms in total. The van der Waals surface area contributed by atoms with Crippen LogP contribution in [-0.2, 0) is 4.79 Å². The van der Waals surface area contributed by atoms with Crippen LogP contribution in [0.15, 0.2) is 82.8 Å². The van der Waals surface area contributed by atoms with E-state index < -0.39 is 17.5 Å². The number of nitrogens with zero attached hydrogens (tertiary/aromatic N) is 2. The van der Waals surface area contributed by atoms with Crippen LogP contribution in [0.5, 0.6) is 23.3 Å². The number of thioether (sulfide) groups is 2. The Kier molecular flexibility index (Phi) is 15.5. The van der Waals surface area contributed by atoms with Crippen LogP contribution in [0.3, 0.4) is 0 Å². The number of carbonyl (C=O) groups is 3. The lowest BCUT2D eigenvalue weighted by Crippen LogP contribution is -2.45. The molecule has 2 aromatic heterocycles. The normalized spacial score (nSPS) is 20.6. The highest BCUT2D eigenvalue weighted by Gasteiger charge is 2.45. The Hall–Kier alpha value is -4.44. The molecule has 0 unspecified atom stereocenters. The summed E-state index contributed by atoms with van der Waals surface area (Å²) in [5, 5.41) is 9.09. The molecule has 3 fully saturated rings. The van der Waals surface area contributed by atoms with Gasteiger partial charge in [0.1, 0.15) is 34.3 Å². The number of hydrogen-bond donors (Lipinski definition) is 4. The predicted molar refractivity (Wildman–Crippen MR) is 226 cm³/mol. The summed E-state index contributed by atoms with van der Waals surface area (Å²) in [6, 6.07) is 17.5. The Labute approximate surface area is 357 Å². The van der Waals surface area contributed by atoms with Crippen LogP contribution in [0, 0.1) is 17.0 Å². The third kappa shape index (κ3) is 12.5. The molecule has 2 aromatic carbocycles. The summed E-state index contributed by atoms with van der Waals surface area (Å²) in [5.41, 5.74) is -0.0277. The molecule has 314 valence electrons. The van der Waals surface area contributed by atoms with Gasteiger partial charge < -0.3 is 25.4 Å². The smallest absolute Gasteiger partial charge is 0.257 e. The van der Waals surface area contributed by atoms with Crippen LogP contribution >= 0.6 is 35.3 Å². The summed E-state index contributed by atoms with van der Waals surface area (Å²) in [6.45, 7) is 2.00. The van der Waals surface area contributed by atoms with E-state index in [9.17, 15) is 23.2 Å². The Morgan fingerprint density at radius 2 is 1.07 bits per heavy atom. The second kappa shape index (κ2) is 20.7. The zero-order valence-electron chi connectivity index (χ0n) is 33.2. The van der Waals surface area contributed by atoms with Gasteiger partial charge in [-0.3, -0.25) is 14.4 Å². The van der Waals surface area contributed by atoms with E-state index in [1.165, 1.54) is 0 Å². The summed E-state index contributed by atoms with van der Waals surface area (Å²) < 4.78 is 39.2. The minimum absolute atomic E-state index is 0.0229. The molecule has 3 aliphatic carbocycles. The number of hydrogen-bond acceptors (Lipinski definition) is 10. The summed E-state index contributed by atoms with van der Waals surface area (Å²) in [5.74, 6) is -0.603. The van der Waals surface area contributed by atoms with Crippen molar-refractivity contribution < 1.29 is 32.6 Å². The molecular weight excluding hydrogens is 818 g/mol. The summed E-state index contributed by atoms with van der Waals surface area (Å²) >= 11 is 8.81. The van der Waals surface area contributed by atoms with Gasteiger partial charge in [0.25, 0.3) is 11.8 Å². The highest BCUT2D eigenvalue weighted by atomic mass is 35.5. The molecule has 0 spiro atoms. The van der Waals surface area contributed by atoms with E-state index >= 15 is 0 Å².